The van der Waals surface area contributed by atoms with E-state index < -0.39 is 21.2 Å². The van der Waals surface area contributed by atoms with Gasteiger partial charge >= 0.3 is 0 Å². The van der Waals surface area contributed by atoms with Gasteiger partial charge in [0.05, 0.1) is 24.2 Å². The first-order chi connectivity index (χ1) is 21.2. The van der Waals surface area contributed by atoms with Crippen LogP contribution < -0.4 is 14.4 Å². The number of halogens is 1. The van der Waals surface area contributed by atoms with E-state index in [2.05, 4.69) is 9.62 Å². The quantitative estimate of drug-likeness (QED) is 0.387. The summed E-state index contributed by atoms with van der Waals surface area (Å²) in [7, 11) is -3.88. The van der Waals surface area contributed by atoms with Crippen LogP contribution in [0.3, 0.4) is 0 Å². The number of carbonyl (C=O) groups is 1. The van der Waals surface area contributed by atoms with E-state index in [1.165, 1.54) is 5.56 Å². The van der Waals surface area contributed by atoms with Crippen molar-refractivity contribution in [1.82, 2.24) is 4.72 Å². The zero-order valence-electron chi connectivity index (χ0n) is 25.8. The summed E-state index contributed by atoms with van der Waals surface area (Å²) in [5.41, 5.74) is 3.43. The molecule has 5 atom stereocenters. The second-order valence-electron chi connectivity index (χ2n) is 13.2. The lowest BCUT2D eigenvalue weighted by Crippen LogP contribution is -2.45. The van der Waals surface area contributed by atoms with Crippen molar-refractivity contribution in [3.8, 4) is 5.75 Å². The molecule has 4 aliphatic rings. The van der Waals surface area contributed by atoms with Crippen molar-refractivity contribution in [3.05, 3.63) is 58.1 Å². The third-order valence-corrected chi connectivity index (χ3v) is 12.6. The van der Waals surface area contributed by atoms with Gasteiger partial charge in [0.1, 0.15) is 12.4 Å². The number of aryl methyl sites for hydroxylation is 1. The van der Waals surface area contributed by atoms with Gasteiger partial charge in [0.15, 0.2) is 6.29 Å². The first kappa shape index (κ1) is 31.6. The fourth-order valence-electron chi connectivity index (χ4n) is 7.42. The molecule has 0 unspecified atom stereocenters. The zero-order chi connectivity index (χ0) is 30.8. The monoisotopic (exact) mass is 644 g/mol. The van der Waals surface area contributed by atoms with Crippen LogP contribution in [0.5, 0.6) is 5.75 Å². The Morgan fingerprint density at radius 1 is 0.909 bits per heavy atom. The van der Waals surface area contributed by atoms with Crippen LogP contribution >= 0.6 is 11.6 Å². The lowest BCUT2D eigenvalue weighted by molar-refractivity contribution is -0.123. The minimum absolute atomic E-state index is 0.106. The summed E-state index contributed by atoms with van der Waals surface area (Å²) in [4.78, 5) is 15.8. The Bertz CT molecular complexity index is 1450. The molecule has 1 amide bonds. The number of anilines is 1. The van der Waals surface area contributed by atoms with Gasteiger partial charge in [-0.2, -0.15) is 0 Å². The lowest BCUT2D eigenvalue weighted by atomic mass is 9.65. The number of nitrogens with zero attached hydrogens (tertiary/aromatic N) is 1. The number of rotatable bonds is 1. The maximum absolute atomic E-state index is 13.4. The summed E-state index contributed by atoms with van der Waals surface area (Å²) in [6.07, 6.45) is 7.51. The molecule has 1 aliphatic carbocycles. The van der Waals surface area contributed by atoms with E-state index in [0.29, 0.717) is 43.0 Å². The molecule has 2 aromatic rings. The minimum Gasteiger partial charge on any atom is -0.487 e. The van der Waals surface area contributed by atoms with Crippen molar-refractivity contribution in [2.24, 2.45) is 23.7 Å². The van der Waals surface area contributed by atoms with Crippen LogP contribution in [0.2, 0.25) is 5.02 Å². The molecule has 44 heavy (non-hydrogen) atoms. The van der Waals surface area contributed by atoms with Gasteiger partial charge in [-0.15, -0.1) is 0 Å². The molecule has 6 rings (SSSR count). The van der Waals surface area contributed by atoms with Crippen LogP contribution in [0.15, 0.2) is 36.4 Å². The highest BCUT2D eigenvalue weighted by molar-refractivity contribution is 7.90. The molecule has 3 heterocycles. The van der Waals surface area contributed by atoms with Crippen molar-refractivity contribution in [1.29, 1.82) is 0 Å². The van der Waals surface area contributed by atoms with Crippen molar-refractivity contribution in [3.63, 3.8) is 0 Å². The maximum atomic E-state index is 13.4. The van der Waals surface area contributed by atoms with Crippen LogP contribution in [-0.2, 0) is 32.5 Å². The Labute approximate surface area is 266 Å². The highest BCUT2D eigenvalue weighted by atomic mass is 35.5. The SMILES string of the molecule is C[C@@H]1[C@@H](C)CCC[C@@H](C2OCCO2)[C@@H]2CC[C@H]2CN2CCCCc3cc(Cl)ccc3COc3ccc(cc32)C(=O)NS1(=O)=O. The third-order valence-electron chi connectivity index (χ3n) is 10.4. The normalized spacial score (nSPS) is 30.1. The number of amides is 1. The van der Waals surface area contributed by atoms with Crippen molar-refractivity contribution < 1.29 is 27.4 Å². The highest BCUT2D eigenvalue weighted by Gasteiger charge is 2.43. The smallest absolute Gasteiger partial charge is 0.264 e. The molecule has 3 aliphatic heterocycles. The molecule has 0 radical (unpaired) electrons. The molecule has 0 aromatic heterocycles. The van der Waals surface area contributed by atoms with Crippen LogP contribution in [0.4, 0.5) is 5.69 Å². The Balaban J connectivity index is 1.37. The fourth-order valence-corrected chi connectivity index (χ4v) is 8.93. The molecule has 0 spiro atoms. The first-order valence-corrected chi connectivity index (χ1v) is 18.2. The molecule has 1 saturated carbocycles. The van der Waals surface area contributed by atoms with E-state index in [0.717, 1.165) is 80.7 Å². The number of benzene rings is 2. The number of fused-ring (bicyclic) bond motifs is 3. The van der Waals surface area contributed by atoms with Crippen LogP contribution in [0.25, 0.3) is 0 Å². The van der Waals surface area contributed by atoms with Crippen molar-refractivity contribution in [2.45, 2.75) is 83.4 Å². The molecule has 2 fully saturated rings. The molecule has 2 aromatic carbocycles. The van der Waals surface area contributed by atoms with Gasteiger partial charge in [-0.05, 0) is 111 Å². The summed E-state index contributed by atoms with van der Waals surface area (Å²) in [5, 5.41) is 0.0155. The summed E-state index contributed by atoms with van der Waals surface area (Å²) in [5.74, 6) is 1.17. The molecule has 1 N–H and O–H groups in total. The minimum atomic E-state index is -3.88. The standard InChI is InChI=1S/C34H45ClN2O6S/c1-22-6-5-8-30(34-41-16-17-42-34)29-13-10-26(29)20-37-15-4-3-7-24-18-28(35)12-9-27(24)21-43-32-14-11-25(19-31(32)37)33(38)36-44(39,40)23(22)2/h9,11-12,14,18-19,22-23,26,29-30,34H,3-8,10,13,15-17,20-21H2,1-2H3,(H,36,38)/t22-,23+,26-,29+,30+/m0/s1. The summed E-state index contributed by atoms with van der Waals surface area (Å²) < 4.78 is 47.7. The average molecular weight is 645 g/mol. The van der Waals surface area contributed by atoms with Gasteiger partial charge < -0.3 is 19.1 Å². The Morgan fingerprint density at radius 2 is 1.73 bits per heavy atom. The van der Waals surface area contributed by atoms with Gasteiger partial charge in [-0.25, -0.2) is 13.1 Å². The van der Waals surface area contributed by atoms with E-state index in [1.54, 1.807) is 13.0 Å². The summed E-state index contributed by atoms with van der Waals surface area (Å²) in [6, 6.07) is 11.2. The van der Waals surface area contributed by atoms with Crippen molar-refractivity contribution >= 4 is 33.2 Å². The van der Waals surface area contributed by atoms with Gasteiger partial charge in [0.25, 0.3) is 5.91 Å². The van der Waals surface area contributed by atoms with Gasteiger partial charge in [0.2, 0.25) is 10.0 Å². The van der Waals surface area contributed by atoms with E-state index >= 15 is 0 Å². The number of hydrogen-bond acceptors (Lipinski definition) is 7. The molecule has 8 nitrogen and oxygen atoms in total. The molecule has 2 bridgehead atoms. The van der Waals surface area contributed by atoms with E-state index in [9.17, 15) is 13.2 Å². The van der Waals surface area contributed by atoms with Gasteiger partial charge in [-0.1, -0.05) is 31.0 Å². The number of carbonyl (C=O) groups excluding carboxylic acids is 1. The molecule has 10 heteroatoms. The number of sulfonamides is 1. The second kappa shape index (κ2) is 13.6. The van der Waals surface area contributed by atoms with Crippen LogP contribution in [-0.4, -0.2) is 52.2 Å². The molecular formula is C34H45ClN2O6S. The van der Waals surface area contributed by atoms with Gasteiger partial charge in [-0.3, -0.25) is 4.79 Å². The van der Waals surface area contributed by atoms with E-state index in [1.807, 2.05) is 37.3 Å². The topological polar surface area (TPSA) is 94.2 Å². The average Bonchev–Trinajstić information content (AvgIpc) is 3.52. The van der Waals surface area contributed by atoms with E-state index in [-0.39, 0.29) is 18.1 Å². The highest BCUT2D eigenvalue weighted by Crippen LogP contribution is 2.46. The third kappa shape index (κ3) is 6.91. The number of ether oxygens (including phenoxy) is 3. The Kier molecular flexibility index (Phi) is 9.76. The Hall–Kier alpha value is -2.33. The van der Waals surface area contributed by atoms with Crippen LogP contribution in [0.1, 0.15) is 80.3 Å². The van der Waals surface area contributed by atoms with Crippen molar-refractivity contribution in [2.75, 3.05) is 31.2 Å². The summed E-state index contributed by atoms with van der Waals surface area (Å²) >= 11 is 6.35. The summed E-state index contributed by atoms with van der Waals surface area (Å²) in [6.45, 7) is 6.92. The largest absolute Gasteiger partial charge is 0.487 e. The maximum Gasteiger partial charge on any atom is 0.264 e. The number of hydrogen-bond donors (Lipinski definition) is 1. The Morgan fingerprint density at radius 3 is 2.50 bits per heavy atom. The molecule has 1 saturated heterocycles. The zero-order valence-corrected chi connectivity index (χ0v) is 27.4. The molecular weight excluding hydrogens is 600 g/mol. The van der Waals surface area contributed by atoms with Gasteiger partial charge in [0, 0.05) is 29.6 Å². The predicted molar refractivity (Wildman–Crippen MR) is 172 cm³/mol. The number of nitrogens with one attached hydrogen (secondary N) is 1. The second-order valence-corrected chi connectivity index (χ2v) is 15.6. The predicted octanol–water partition coefficient (Wildman–Crippen LogP) is 6.35. The first-order valence-electron chi connectivity index (χ1n) is 16.3. The van der Waals surface area contributed by atoms with Crippen LogP contribution in [0, 0.1) is 23.7 Å². The molecule has 240 valence electrons. The fraction of sp³-hybridized carbons (Fsp3) is 0.618. The van der Waals surface area contributed by atoms with E-state index in [4.69, 9.17) is 25.8 Å². The lowest BCUT2D eigenvalue weighted by Gasteiger charge is -2.46.